The predicted octanol–water partition coefficient (Wildman–Crippen LogP) is 3.41. The van der Waals surface area contributed by atoms with Crippen LogP contribution in [0.4, 0.5) is 11.4 Å². The van der Waals surface area contributed by atoms with Gasteiger partial charge in [-0.1, -0.05) is 30.3 Å². The van der Waals surface area contributed by atoms with Crippen LogP contribution in [0.25, 0.3) is 0 Å². The van der Waals surface area contributed by atoms with Gasteiger partial charge in [-0.3, -0.25) is 0 Å². The van der Waals surface area contributed by atoms with E-state index in [9.17, 15) is 5.21 Å². The van der Waals surface area contributed by atoms with Crippen LogP contribution in [0.5, 0.6) is 0 Å². The van der Waals surface area contributed by atoms with Crippen LogP contribution in [-0.2, 0) is 0 Å². The van der Waals surface area contributed by atoms with Gasteiger partial charge in [0.25, 0.3) is 5.84 Å². The van der Waals surface area contributed by atoms with E-state index in [1.165, 1.54) is 10.4 Å². The summed E-state index contributed by atoms with van der Waals surface area (Å²) < 4.78 is 1.22. The van der Waals surface area contributed by atoms with Gasteiger partial charge in [0.2, 0.25) is 0 Å². The highest BCUT2D eigenvalue weighted by Gasteiger charge is 2.37. The molecule has 4 heteroatoms. The highest BCUT2D eigenvalue weighted by Crippen LogP contribution is 2.34. The van der Waals surface area contributed by atoms with Crippen LogP contribution in [0, 0.1) is 5.21 Å². The number of piperidine rings is 1. The van der Waals surface area contributed by atoms with Crippen molar-refractivity contribution in [2.24, 2.45) is 0 Å². The van der Waals surface area contributed by atoms with Gasteiger partial charge in [-0.25, -0.2) is 9.64 Å². The zero-order valence-corrected chi connectivity index (χ0v) is 13.4. The molecule has 0 aromatic heterocycles. The molecule has 1 unspecified atom stereocenters. The van der Waals surface area contributed by atoms with E-state index in [1.807, 2.05) is 48.3 Å². The number of rotatable bonds is 1. The molecule has 4 rings (SSSR count). The predicted molar refractivity (Wildman–Crippen MR) is 94.0 cm³/mol. The molecule has 0 spiro atoms. The van der Waals surface area contributed by atoms with E-state index < -0.39 is 0 Å². The summed E-state index contributed by atoms with van der Waals surface area (Å²) in [7, 11) is 1.98. The largest absolute Gasteiger partial charge is 0.714 e. The molecule has 23 heavy (non-hydrogen) atoms. The van der Waals surface area contributed by atoms with Crippen molar-refractivity contribution >= 4 is 17.2 Å². The molecular weight excluding hydrogens is 286 g/mol. The molecule has 0 saturated carbocycles. The van der Waals surface area contributed by atoms with Gasteiger partial charge in [0.05, 0.1) is 18.3 Å². The molecule has 2 aliphatic rings. The van der Waals surface area contributed by atoms with E-state index in [2.05, 4.69) is 23.1 Å². The van der Waals surface area contributed by atoms with Crippen molar-refractivity contribution in [2.45, 2.75) is 25.4 Å². The number of hydroxylamine groups is 1. The molecule has 4 nitrogen and oxygen atoms in total. The van der Waals surface area contributed by atoms with Gasteiger partial charge in [0.1, 0.15) is 5.69 Å². The Kier molecular flexibility index (Phi) is 3.45. The molecule has 2 aromatic rings. The lowest BCUT2D eigenvalue weighted by Crippen LogP contribution is -2.53. The lowest BCUT2D eigenvalue weighted by molar-refractivity contribution is -0.505. The molecule has 2 aromatic carbocycles. The summed E-state index contributed by atoms with van der Waals surface area (Å²) in [5.41, 5.74) is 3.23. The summed E-state index contributed by atoms with van der Waals surface area (Å²) in [6.07, 6.45) is 3.11. The monoisotopic (exact) mass is 307 g/mol. The van der Waals surface area contributed by atoms with E-state index in [0.29, 0.717) is 0 Å². The number of fused-ring (bicyclic) bond motifs is 3. The van der Waals surface area contributed by atoms with Crippen LogP contribution in [0.2, 0.25) is 0 Å². The molecule has 1 fully saturated rings. The van der Waals surface area contributed by atoms with Crippen molar-refractivity contribution in [1.82, 2.24) is 0 Å². The summed E-state index contributed by atoms with van der Waals surface area (Å²) in [5.74, 6) is 0.745. The number of hydrogen-bond acceptors (Lipinski definition) is 3. The van der Waals surface area contributed by atoms with Gasteiger partial charge in [-0.15, -0.1) is 0 Å². The molecule has 0 amide bonds. The lowest BCUT2D eigenvalue weighted by Gasteiger charge is -2.43. The number of hydrogen-bond donors (Lipinski definition) is 0. The normalized spacial score (nSPS) is 20.0. The molecule has 1 atom stereocenters. The SMILES string of the molecule is CN(C1=[N+]([O-])C2CCCCN2c2ccccc21)c1ccccc1. The summed E-state index contributed by atoms with van der Waals surface area (Å²) in [4.78, 5) is 4.28. The zero-order chi connectivity index (χ0) is 15.8. The van der Waals surface area contributed by atoms with Gasteiger partial charge in [-0.05, 0) is 37.1 Å². The van der Waals surface area contributed by atoms with Crippen LogP contribution < -0.4 is 9.80 Å². The third-order valence-corrected chi connectivity index (χ3v) is 4.87. The van der Waals surface area contributed by atoms with Crippen molar-refractivity contribution in [1.29, 1.82) is 0 Å². The van der Waals surface area contributed by atoms with E-state index in [1.54, 1.807) is 0 Å². The fraction of sp³-hybridized carbons (Fsp3) is 0.316. The molecule has 0 bridgehead atoms. The van der Waals surface area contributed by atoms with Crippen LogP contribution in [0.3, 0.4) is 0 Å². The van der Waals surface area contributed by atoms with Crippen molar-refractivity contribution in [3.8, 4) is 0 Å². The fourth-order valence-corrected chi connectivity index (χ4v) is 3.71. The standard InChI is InChI=1S/C19H21N3O/c1-20(15-9-3-2-4-10-15)19-16-11-5-6-12-17(16)21-14-8-7-13-18(21)22(19)23/h2-6,9-12,18H,7-8,13-14H2,1H3. The maximum atomic E-state index is 13.1. The number of benzene rings is 2. The maximum absolute atomic E-state index is 13.1. The molecule has 0 radical (unpaired) electrons. The van der Waals surface area contributed by atoms with E-state index in [-0.39, 0.29) is 6.17 Å². The Labute approximate surface area is 136 Å². The molecule has 0 aliphatic carbocycles. The van der Waals surface area contributed by atoms with Crippen molar-refractivity contribution < 1.29 is 4.74 Å². The first-order valence-corrected chi connectivity index (χ1v) is 8.25. The topological polar surface area (TPSA) is 32.5 Å². The van der Waals surface area contributed by atoms with Crippen LogP contribution in [-0.4, -0.2) is 30.3 Å². The highest BCUT2D eigenvalue weighted by molar-refractivity contribution is 6.10. The Morgan fingerprint density at radius 3 is 2.61 bits per heavy atom. The summed E-state index contributed by atoms with van der Waals surface area (Å²) in [6.45, 7) is 0.961. The van der Waals surface area contributed by atoms with Gasteiger partial charge < -0.3 is 10.1 Å². The van der Waals surface area contributed by atoms with Crippen molar-refractivity contribution in [2.75, 3.05) is 23.4 Å². The molecule has 118 valence electrons. The molecular formula is C19H21N3O. The Balaban J connectivity index is 1.86. The average molecular weight is 307 g/mol. The Morgan fingerprint density at radius 2 is 1.78 bits per heavy atom. The number of amidine groups is 1. The minimum Gasteiger partial charge on any atom is -0.714 e. The Morgan fingerprint density at radius 1 is 1.04 bits per heavy atom. The first kappa shape index (κ1) is 14.1. The van der Waals surface area contributed by atoms with E-state index in [4.69, 9.17) is 0 Å². The summed E-state index contributed by atoms with van der Waals surface area (Å²) >= 11 is 0. The minimum absolute atomic E-state index is 0.0835. The summed E-state index contributed by atoms with van der Waals surface area (Å²) in [6, 6.07) is 18.3. The average Bonchev–Trinajstić information content (AvgIpc) is 2.63. The van der Waals surface area contributed by atoms with E-state index in [0.717, 1.165) is 42.9 Å². The minimum atomic E-state index is -0.0835. The second kappa shape index (κ2) is 5.61. The van der Waals surface area contributed by atoms with Gasteiger partial charge >= 0.3 is 0 Å². The van der Waals surface area contributed by atoms with Gasteiger partial charge in [0, 0.05) is 13.0 Å². The third kappa shape index (κ3) is 2.25. The maximum Gasteiger partial charge on any atom is 0.291 e. The zero-order valence-electron chi connectivity index (χ0n) is 13.4. The van der Waals surface area contributed by atoms with Crippen LogP contribution in [0.1, 0.15) is 24.8 Å². The lowest BCUT2D eigenvalue weighted by atomic mass is 10.0. The first-order chi connectivity index (χ1) is 11.3. The number of nitrogens with zero attached hydrogens (tertiary/aromatic N) is 3. The smallest absolute Gasteiger partial charge is 0.291 e. The van der Waals surface area contributed by atoms with Gasteiger partial charge in [0.15, 0.2) is 6.17 Å². The molecule has 2 aliphatic heterocycles. The highest BCUT2D eigenvalue weighted by atomic mass is 16.5. The van der Waals surface area contributed by atoms with Gasteiger partial charge in [-0.2, -0.15) is 0 Å². The Bertz CT molecular complexity index is 741. The third-order valence-electron chi connectivity index (χ3n) is 4.87. The first-order valence-electron chi connectivity index (χ1n) is 8.25. The Hall–Kier alpha value is -2.49. The van der Waals surface area contributed by atoms with Crippen molar-refractivity contribution in [3.63, 3.8) is 0 Å². The fourth-order valence-electron chi connectivity index (χ4n) is 3.71. The van der Waals surface area contributed by atoms with E-state index >= 15 is 0 Å². The van der Waals surface area contributed by atoms with Crippen LogP contribution in [0.15, 0.2) is 54.6 Å². The number of anilines is 2. The van der Waals surface area contributed by atoms with Crippen LogP contribution >= 0.6 is 0 Å². The molecule has 2 heterocycles. The quantitative estimate of drug-likeness (QED) is 0.598. The number of para-hydroxylation sites is 2. The van der Waals surface area contributed by atoms with Crippen molar-refractivity contribution in [3.05, 3.63) is 65.4 Å². The molecule has 0 N–H and O–H groups in total. The second-order valence-electron chi connectivity index (χ2n) is 6.23. The second-order valence-corrected chi connectivity index (χ2v) is 6.23. The molecule has 1 saturated heterocycles. The summed E-state index contributed by atoms with van der Waals surface area (Å²) in [5, 5.41) is 13.1.